The van der Waals surface area contributed by atoms with Crippen molar-refractivity contribution in [2.24, 2.45) is 0 Å². The van der Waals surface area contributed by atoms with Gasteiger partial charge in [-0.15, -0.1) is 0 Å². The maximum absolute atomic E-state index is 13.0. The van der Waals surface area contributed by atoms with E-state index in [0.717, 1.165) is 35.4 Å². The molecule has 0 saturated carbocycles. The highest BCUT2D eigenvalue weighted by atomic mass is 19.1. The molecule has 3 aromatic rings. The average Bonchev–Trinajstić information content (AvgIpc) is 3.18. The van der Waals surface area contributed by atoms with Crippen molar-refractivity contribution in [3.05, 3.63) is 77.7 Å². The van der Waals surface area contributed by atoms with Gasteiger partial charge in [-0.2, -0.15) is 5.10 Å². The van der Waals surface area contributed by atoms with E-state index in [1.54, 1.807) is 24.1 Å². The molecular weight excluding hydrogens is 355 g/mol. The average molecular weight is 380 g/mol. The van der Waals surface area contributed by atoms with Gasteiger partial charge < -0.3 is 10.2 Å². The van der Waals surface area contributed by atoms with Gasteiger partial charge in [0.1, 0.15) is 5.82 Å². The lowest BCUT2D eigenvalue weighted by molar-refractivity contribution is 0.205. The molecule has 0 radical (unpaired) electrons. The Balaban J connectivity index is 1.45. The molecule has 2 aromatic carbocycles. The summed E-state index contributed by atoms with van der Waals surface area (Å²) in [6.07, 6.45) is 1.64. The monoisotopic (exact) mass is 380 g/mol. The lowest BCUT2D eigenvalue weighted by Gasteiger charge is -2.21. The van der Waals surface area contributed by atoms with Crippen molar-refractivity contribution >= 4 is 6.03 Å². The van der Waals surface area contributed by atoms with E-state index in [9.17, 15) is 9.18 Å². The van der Waals surface area contributed by atoms with Crippen LogP contribution in [0, 0.1) is 5.82 Å². The van der Waals surface area contributed by atoms with E-state index in [2.05, 4.69) is 15.5 Å². The van der Waals surface area contributed by atoms with E-state index >= 15 is 0 Å². The molecule has 6 heteroatoms. The van der Waals surface area contributed by atoms with E-state index in [4.69, 9.17) is 0 Å². The van der Waals surface area contributed by atoms with Gasteiger partial charge in [-0.1, -0.05) is 42.5 Å². The van der Waals surface area contributed by atoms with Gasteiger partial charge in [-0.05, 0) is 43.5 Å². The van der Waals surface area contributed by atoms with Crippen molar-refractivity contribution in [2.75, 3.05) is 13.6 Å². The van der Waals surface area contributed by atoms with Crippen LogP contribution in [0.25, 0.3) is 11.3 Å². The molecule has 146 valence electrons. The molecule has 0 fully saturated rings. The smallest absolute Gasteiger partial charge is 0.317 e. The summed E-state index contributed by atoms with van der Waals surface area (Å²) in [7, 11) is 1.77. The number of rotatable bonds is 7. The fourth-order valence-corrected chi connectivity index (χ4v) is 2.98. The highest BCUT2D eigenvalue weighted by Gasteiger charge is 2.13. The lowest BCUT2D eigenvalue weighted by atomic mass is 10.1. The maximum Gasteiger partial charge on any atom is 0.317 e. The Bertz CT molecular complexity index is 892. The Morgan fingerprint density at radius 3 is 2.61 bits per heavy atom. The van der Waals surface area contributed by atoms with Crippen LogP contribution < -0.4 is 5.32 Å². The Morgan fingerprint density at radius 1 is 1.18 bits per heavy atom. The van der Waals surface area contributed by atoms with E-state index in [1.165, 1.54) is 12.1 Å². The summed E-state index contributed by atoms with van der Waals surface area (Å²) in [6.45, 7) is 2.51. The summed E-state index contributed by atoms with van der Waals surface area (Å²) in [5.74, 6) is -0.284. The Morgan fingerprint density at radius 2 is 1.89 bits per heavy atom. The van der Waals surface area contributed by atoms with Crippen LogP contribution in [0.2, 0.25) is 0 Å². The maximum atomic E-state index is 13.0. The second-order valence-corrected chi connectivity index (χ2v) is 6.89. The lowest BCUT2D eigenvalue weighted by Crippen LogP contribution is -2.39. The normalized spacial score (nSPS) is 11.8. The quantitative estimate of drug-likeness (QED) is 0.632. The first-order valence-corrected chi connectivity index (χ1v) is 9.40. The number of H-pyrrole nitrogens is 1. The van der Waals surface area contributed by atoms with Crippen molar-refractivity contribution in [1.29, 1.82) is 0 Å². The van der Waals surface area contributed by atoms with E-state index in [1.807, 2.05) is 43.3 Å². The third-order valence-corrected chi connectivity index (χ3v) is 4.70. The second kappa shape index (κ2) is 9.17. The molecule has 0 saturated heterocycles. The van der Waals surface area contributed by atoms with Gasteiger partial charge >= 0.3 is 6.03 Å². The molecule has 0 bridgehead atoms. The van der Waals surface area contributed by atoms with Crippen molar-refractivity contribution in [1.82, 2.24) is 20.4 Å². The number of urea groups is 1. The first kappa shape index (κ1) is 19.6. The summed E-state index contributed by atoms with van der Waals surface area (Å²) >= 11 is 0. The number of halogens is 1. The number of carbonyl (C=O) groups is 1. The number of carbonyl (C=O) groups excluding carboxylic acids is 1. The zero-order chi connectivity index (χ0) is 19.9. The third kappa shape index (κ3) is 5.19. The molecule has 1 aromatic heterocycles. The summed E-state index contributed by atoms with van der Waals surface area (Å²) < 4.78 is 13.0. The molecule has 0 aliphatic heterocycles. The Kier molecular flexibility index (Phi) is 6.42. The minimum atomic E-state index is -0.284. The molecule has 1 unspecified atom stereocenters. The fourth-order valence-electron chi connectivity index (χ4n) is 2.98. The minimum absolute atomic E-state index is 0.147. The predicted octanol–water partition coefficient (Wildman–Crippen LogP) is 4.55. The molecule has 0 aliphatic carbocycles. The van der Waals surface area contributed by atoms with Crippen LogP contribution in [0.3, 0.4) is 0 Å². The van der Waals surface area contributed by atoms with Crippen LogP contribution in [-0.2, 0) is 6.42 Å². The van der Waals surface area contributed by atoms with Crippen LogP contribution in [0.4, 0.5) is 9.18 Å². The zero-order valence-electron chi connectivity index (χ0n) is 16.2. The van der Waals surface area contributed by atoms with Crippen LogP contribution in [0.15, 0.2) is 60.7 Å². The van der Waals surface area contributed by atoms with Gasteiger partial charge in [0.25, 0.3) is 0 Å². The second-order valence-electron chi connectivity index (χ2n) is 6.89. The third-order valence-electron chi connectivity index (χ3n) is 4.70. The number of amides is 2. The molecule has 0 aliphatic rings. The molecule has 5 nitrogen and oxygen atoms in total. The number of aromatic amines is 1. The van der Waals surface area contributed by atoms with Crippen LogP contribution in [-0.4, -0.2) is 34.7 Å². The molecular formula is C22H25FN4O. The highest BCUT2D eigenvalue weighted by Crippen LogP contribution is 2.17. The molecule has 1 atom stereocenters. The van der Waals surface area contributed by atoms with Gasteiger partial charge in [-0.3, -0.25) is 5.10 Å². The number of hydrogen-bond acceptors (Lipinski definition) is 2. The zero-order valence-corrected chi connectivity index (χ0v) is 16.2. The molecule has 0 spiro atoms. The Labute approximate surface area is 164 Å². The van der Waals surface area contributed by atoms with Gasteiger partial charge in [0.05, 0.1) is 11.7 Å². The first-order chi connectivity index (χ1) is 13.5. The van der Waals surface area contributed by atoms with E-state index in [-0.39, 0.29) is 17.9 Å². The summed E-state index contributed by atoms with van der Waals surface area (Å²) in [5.41, 5.74) is 3.92. The minimum Gasteiger partial charge on any atom is -0.331 e. The number of hydrogen-bond donors (Lipinski definition) is 2. The summed E-state index contributed by atoms with van der Waals surface area (Å²) in [6, 6.07) is 17.9. The topological polar surface area (TPSA) is 61.0 Å². The fraction of sp³-hybridized carbons (Fsp3) is 0.273. The van der Waals surface area contributed by atoms with Crippen molar-refractivity contribution in [2.45, 2.75) is 25.8 Å². The molecule has 2 amide bonds. The number of nitrogens with zero attached hydrogens (tertiary/aromatic N) is 2. The van der Waals surface area contributed by atoms with Crippen LogP contribution >= 0.6 is 0 Å². The number of aryl methyl sites for hydroxylation is 1. The predicted molar refractivity (Wildman–Crippen MR) is 108 cm³/mol. The Hall–Kier alpha value is -3.15. The molecule has 3 rings (SSSR count). The molecule has 1 heterocycles. The van der Waals surface area contributed by atoms with Crippen molar-refractivity contribution < 1.29 is 9.18 Å². The number of nitrogens with one attached hydrogen (secondary N) is 2. The SMILES string of the molecule is CC(NC(=O)N(C)CCCc1cc(-c2ccccc2)n[nH]1)c1ccc(F)cc1. The van der Waals surface area contributed by atoms with E-state index < -0.39 is 0 Å². The van der Waals surface area contributed by atoms with Crippen LogP contribution in [0.1, 0.15) is 30.6 Å². The summed E-state index contributed by atoms with van der Waals surface area (Å²) in [5, 5.41) is 10.4. The van der Waals surface area contributed by atoms with Gasteiger partial charge in [0, 0.05) is 24.8 Å². The highest BCUT2D eigenvalue weighted by molar-refractivity contribution is 5.74. The molecule has 28 heavy (non-hydrogen) atoms. The standard InChI is InChI=1S/C22H25FN4O/c1-16(17-10-12-19(23)13-11-17)24-22(28)27(2)14-6-9-20-15-21(26-25-20)18-7-4-3-5-8-18/h3-5,7-8,10-13,15-16H,6,9,14H2,1-2H3,(H,24,28)(H,25,26). The first-order valence-electron chi connectivity index (χ1n) is 9.40. The molecule has 2 N–H and O–H groups in total. The van der Waals surface area contributed by atoms with Gasteiger partial charge in [-0.25, -0.2) is 9.18 Å². The van der Waals surface area contributed by atoms with Crippen molar-refractivity contribution in [3.8, 4) is 11.3 Å². The van der Waals surface area contributed by atoms with Gasteiger partial charge in [0.15, 0.2) is 0 Å². The number of benzene rings is 2. The number of aromatic nitrogens is 2. The summed E-state index contributed by atoms with van der Waals surface area (Å²) in [4.78, 5) is 14.0. The van der Waals surface area contributed by atoms with Crippen LogP contribution in [0.5, 0.6) is 0 Å². The van der Waals surface area contributed by atoms with E-state index in [0.29, 0.717) is 6.54 Å². The van der Waals surface area contributed by atoms with Crippen molar-refractivity contribution in [3.63, 3.8) is 0 Å². The largest absolute Gasteiger partial charge is 0.331 e. The van der Waals surface area contributed by atoms with Gasteiger partial charge in [0.2, 0.25) is 0 Å².